The monoisotopic (exact) mass is 440 g/mol. The molecular weight excluding hydrogens is 408 g/mol. The minimum atomic E-state index is -3.41. The van der Waals surface area contributed by atoms with E-state index in [9.17, 15) is 13.2 Å². The summed E-state index contributed by atoms with van der Waals surface area (Å²) in [4.78, 5) is 20.2. The number of carbonyl (C=O) groups excluding carboxylic acids is 1. The van der Waals surface area contributed by atoms with Crippen molar-refractivity contribution in [3.05, 3.63) is 11.9 Å². The van der Waals surface area contributed by atoms with E-state index in [1.165, 1.54) is 0 Å². The highest BCUT2D eigenvalue weighted by Gasteiger charge is 2.33. The number of hydrogen-bond acceptors (Lipinski definition) is 7. The first-order valence-corrected chi connectivity index (χ1v) is 12.6. The minimum Gasteiger partial charge on any atom is -0.450 e. The van der Waals surface area contributed by atoms with Gasteiger partial charge in [0.15, 0.2) is 0 Å². The molecule has 1 amide bonds. The lowest BCUT2D eigenvalue weighted by molar-refractivity contribution is 0.0753. The Kier molecular flexibility index (Phi) is 6.64. The molecular formula is C20H32N4O5S. The van der Waals surface area contributed by atoms with Crippen LogP contribution in [0.3, 0.4) is 0 Å². The van der Waals surface area contributed by atoms with Crippen LogP contribution in [0.2, 0.25) is 0 Å². The highest BCUT2D eigenvalue weighted by molar-refractivity contribution is 7.91. The molecule has 3 fully saturated rings. The molecule has 168 valence electrons. The summed E-state index contributed by atoms with van der Waals surface area (Å²) in [6.45, 7) is 6.68. The van der Waals surface area contributed by atoms with Crippen LogP contribution in [0, 0.1) is 5.92 Å². The zero-order valence-electron chi connectivity index (χ0n) is 17.7. The number of carbonyl (C=O) groups is 1. The number of piperazine rings is 1. The van der Waals surface area contributed by atoms with Crippen molar-refractivity contribution in [1.82, 2.24) is 19.4 Å². The second-order valence-corrected chi connectivity index (χ2v) is 10.4. The van der Waals surface area contributed by atoms with Crippen molar-refractivity contribution in [3.8, 4) is 0 Å². The normalized spacial score (nSPS) is 23.1. The van der Waals surface area contributed by atoms with Crippen molar-refractivity contribution in [1.29, 1.82) is 0 Å². The topological polar surface area (TPSA) is 94.0 Å². The number of aromatic nitrogens is 2. The smallest absolute Gasteiger partial charge is 0.409 e. The average molecular weight is 441 g/mol. The molecule has 0 radical (unpaired) electrons. The molecule has 1 saturated carbocycles. The summed E-state index contributed by atoms with van der Waals surface area (Å²) in [6, 6.07) is 0. The van der Waals surface area contributed by atoms with Crippen LogP contribution in [0.1, 0.15) is 38.3 Å². The summed E-state index contributed by atoms with van der Waals surface area (Å²) >= 11 is 0. The lowest BCUT2D eigenvalue weighted by Gasteiger charge is -2.34. The summed E-state index contributed by atoms with van der Waals surface area (Å²) in [7, 11) is -3.41. The number of ether oxygens (including phenoxy) is 2. The van der Waals surface area contributed by atoms with Gasteiger partial charge in [-0.05, 0) is 38.5 Å². The fraction of sp³-hybridized carbons (Fsp3) is 0.800. The van der Waals surface area contributed by atoms with Crippen molar-refractivity contribution in [2.75, 3.05) is 45.1 Å². The maximum absolute atomic E-state index is 13.0. The van der Waals surface area contributed by atoms with Crippen molar-refractivity contribution in [2.45, 2.75) is 57.0 Å². The summed E-state index contributed by atoms with van der Waals surface area (Å²) in [6.07, 6.45) is 5.40. The predicted octanol–water partition coefficient (Wildman–Crippen LogP) is 1.52. The maximum atomic E-state index is 13.0. The van der Waals surface area contributed by atoms with Gasteiger partial charge in [-0.2, -0.15) is 0 Å². The van der Waals surface area contributed by atoms with Crippen LogP contribution in [0.15, 0.2) is 11.4 Å². The third-order valence-electron chi connectivity index (χ3n) is 6.03. The molecule has 0 unspecified atom stereocenters. The minimum absolute atomic E-state index is 0.0356. The molecule has 2 aliphatic heterocycles. The Bertz CT molecular complexity index is 837. The number of rotatable bonds is 8. The van der Waals surface area contributed by atoms with E-state index in [2.05, 4.69) is 9.88 Å². The molecule has 4 rings (SSSR count). The van der Waals surface area contributed by atoms with Crippen molar-refractivity contribution in [2.24, 2.45) is 5.92 Å². The largest absolute Gasteiger partial charge is 0.450 e. The van der Waals surface area contributed by atoms with E-state index < -0.39 is 9.84 Å². The molecule has 1 aromatic rings. The van der Waals surface area contributed by atoms with Crippen molar-refractivity contribution >= 4 is 15.9 Å². The molecule has 0 aromatic carbocycles. The van der Waals surface area contributed by atoms with Crippen LogP contribution in [0.5, 0.6) is 0 Å². The molecule has 10 heteroatoms. The summed E-state index contributed by atoms with van der Waals surface area (Å²) in [5.41, 5.74) is 0.893. The zero-order valence-corrected chi connectivity index (χ0v) is 18.5. The predicted molar refractivity (Wildman–Crippen MR) is 110 cm³/mol. The SMILES string of the molecule is CCOC(=O)N1CCN(Cc2cnc(S(=O)(=O)CC3CC3)n2C[C@H]2CCCO2)CC1. The Morgan fingerprint density at radius 3 is 2.63 bits per heavy atom. The van der Waals surface area contributed by atoms with Crippen LogP contribution < -0.4 is 0 Å². The van der Waals surface area contributed by atoms with Gasteiger partial charge in [-0.25, -0.2) is 18.2 Å². The zero-order chi connectivity index (χ0) is 21.1. The Morgan fingerprint density at radius 2 is 2.00 bits per heavy atom. The first-order chi connectivity index (χ1) is 14.5. The standard InChI is InChI=1S/C20H32N4O5S/c1-2-28-20(25)23-9-7-22(8-10-23)13-17-12-21-19(30(26,27)15-16-5-6-16)24(17)14-18-4-3-11-29-18/h12,16,18H,2-11,13-15H2,1H3/t18-/m1/s1. The van der Waals surface area contributed by atoms with Gasteiger partial charge < -0.3 is 18.9 Å². The van der Waals surface area contributed by atoms with Gasteiger partial charge in [-0.15, -0.1) is 0 Å². The van der Waals surface area contributed by atoms with Gasteiger partial charge in [0.2, 0.25) is 15.0 Å². The molecule has 1 atom stereocenters. The Morgan fingerprint density at radius 1 is 1.23 bits per heavy atom. The van der Waals surface area contributed by atoms with Gasteiger partial charge in [-0.1, -0.05) is 0 Å². The van der Waals surface area contributed by atoms with Crippen LogP contribution in [-0.4, -0.2) is 85.1 Å². The van der Waals surface area contributed by atoms with Gasteiger partial charge in [0.05, 0.1) is 36.9 Å². The fourth-order valence-electron chi connectivity index (χ4n) is 4.16. The summed E-state index contributed by atoms with van der Waals surface area (Å²) < 4.78 is 38.7. The van der Waals surface area contributed by atoms with E-state index in [1.807, 2.05) is 4.57 Å². The Balaban J connectivity index is 1.46. The van der Waals surface area contributed by atoms with E-state index in [1.54, 1.807) is 18.0 Å². The van der Waals surface area contributed by atoms with Gasteiger partial charge >= 0.3 is 6.09 Å². The highest BCUT2D eigenvalue weighted by Crippen LogP contribution is 2.32. The van der Waals surface area contributed by atoms with E-state index in [0.717, 1.165) is 38.0 Å². The first-order valence-electron chi connectivity index (χ1n) is 11.0. The first kappa shape index (κ1) is 21.6. The highest BCUT2D eigenvalue weighted by atomic mass is 32.2. The Hall–Kier alpha value is -1.65. The van der Waals surface area contributed by atoms with Crippen LogP contribution >= 0.6 is 0 Å². The molecule has 30 heavy (non-hydrogen) atoms. The van der Waals surface area contributed by atoms with Crippen LogP contribution in [0.4, 0.5) is 4.79 Å². The summed E-state index contributed by atoms with van der Waals surface area (Å²) in [5.74, 6) is 0.468. The molecule has 1 aliphatic carbocycles. The molecule has 3 heterocycles. The fourth-order valence-corrected chi connectivity index (χ4v) is 6.00. The summed E-state index contributed by atoms with van der Waals surface area (Å²) in [5, 5.41) is 0.185. The molecule has 9 nitrogen and oxygen atoms in total. The lowest BCUT2D eigenvalue weighted by atomic mass is 10.2. The van der Waals surface area contributed by atoms with Gasteiger partial charge in [0, 0.05) is 39.3 Å². The molecule has 0 bridgehead atoms. The Labute approximate surface area is 178 Å². The van der Waals surface area contributed by atoms with E-state index in [4.69, 9.17) is 9.47 Å². The third kappa shape index (κ3) is 5.15. The molecule has 2 saturated heterocycles. The number of imidazole rings is 1. The van der Waals surface area contributed by atoms with Gasteiger partial charge in [0.25, 0.3) is 0 Å². The van der Waals surface area contributed by atoms with E-state index in [-0.39, 0.29) is 29.0 Å². The van der Waals surface area contributed by atoms with Gasteiger partial charge in [0.1, 0.15) is 0 Å². The van der Waals surface area contributed by atoms with E-state index >= 15 is 0 Å². The molecule has 1 aromatic heterocycles. The van der Waals surface area contributed by atoms with Crippen molar-refractivity contribution in [3.63, 3.8) is 0 Å². The third-order valence-corrected chi connectivity index (χ3v) is 7.82. The van der Waals surface area contributed by atoms with E-state index in [0.29, 0.717) is 45.9 Å². The van der Waals surface area contributed by atoms with Gasteiger partial charge in [-0.3, -0.25) is 4.90 Å². The van der Waals surface area contributed by atoms with Crippen LogP contribution in [-0.2, 0) is 32.4 Å². The quantitative estimate of drug-likeness (QED) is 0.605. The second kappa shape index (κ2) is 9.23. The average Bonchev–Trinajstić information content (AvgIpc) is 3.20. The number of amides is 1. The molecule has 0 N–H and O–H groups in total. The van der Waals surface area contributed by atoms with Crippen molar-refractivity contribution < 1.29 is 22.7 Å². The number of sulfone groups is 1. The number of nitrogens with zero attached hydrogens (tertiary/aromatic N) is 4. The molecule has 3 aliphatic rings. The second-order valence-electron chi connectivity index (χ2n) is 8.46. The number of hydrogen-bond donors (Lipinski definition) is 0. The lowest BCUT2D eigenvalue weighted by Crippen LogP contribution is -2.48. The molecule has 0 spiro atoms. The maximum Gasteiger partial charge on any atom is 0.409 e. The van der Waals surface area contributed by atoms with Crippen LogP contribution in [0.25, 0.3) is 0 Å².